The van der Waals surface area contributed by atoms with Gasteiger partial charge in [0.25, 0.3) is 0 Å². The van der Waals surface area contributed by atoms with Gasteiger partial charge in [-0.3, -0.25) is 14.7 Å². The maximum Gasteiger partial charge on any atom is 0.238 e. The van der Waals surface area contributed by atoms with Crippen LogP contribution < -0.4 is 10.6 Å². The van der Waals surface area contributed by atoms with Crippen molar-refractivity contribution in [3.05, 3.63) is 54.4 Å². The predicted octanol–water partition coefficient (Wildman–Crippen LogP) is 2.81. The molecule has 0 spiro atoms. The first-order valence-corrected chi connectivity index (χ1v) is 9.27. The average Bonchev–Trinajstić information content (AvgIpc) is 2.63. The minimum Gasteiger partial charge on any atom is -0.325 e. The molecule has 1 amide bonds. The molecule has 0 bridgehead atoms. The summed E-state index contributed by atoms with van der Waals surface area (Å²) < 4.78 is 0. The number of hydrogen-bond donors (Lipinski definition) is 2. The molecule has 134 valence electrons. The molecule has 2 aromatic rings. The number of benzene rings is 1. The number of piperazine rings is 1. The van der Waals surface area contributed by atoms with E-state index in [1.54, 1.807) is 18.0 Å². The molecule has 2 N–H and O–H groups in total. The van der Waals surface area contributed by atoms with E-state index >= 15 is 0 Å². The Morgan fingerprint density at radius 1 is 1.36 bits per heavy atom. The number of hydrogen-bond acceptors (Lipinski definition) is 5. The van der Waals surface area contributed by atoms with Crippen molar-refractivity contribution in [3.63, 3.8) is 0 Å². The van der Waals surface area contributed by atoms with Gasteiger partial charge < -0.3 is 10.6 Å². The molecule has 1 aliphatic rings. The highest BCUT2D eigenvalue weighted by molar-refractivity contribution is 7.98. The Morgan fingerprint density at radius 2 is 2.16 bits per heavy atom. The van der Waals surface area contributed by atoms with Crippen molar-refractivity contribution >= 4 is 35.8 Å². The fourth-order valence-corrected chi connectivity index (χ4v) is 3.30. The highest BCUT2D eigenvalue weighted by Gasteiger charge is 2.25. The van der Waals surface area contributed by atoms with E-state index in [4.69, 9.17) is 0 Å². The molecule has 1 atom stereocenters. The summed E-state index contributed by atoms with van der Waals surface area (Å²) >= 11 is 1.69. The van der Waals surface area contributed by atoms with Crippen molar-refractivity contribution in [1.82, 2.24) is 15.2 Å². The minimum absolute atomic E-state index is 0. The normalized spacial score (nSPS) is 17.6. The van der Waals surface area contributed by atoms with Crippen LogP contribution in [0.1, 0.15) is 11.6 Å². The number of amides is 1. The van der Waals surface area contributed by atoms with Crippen LogP contribution in [0.4, 0.5) is 5.69 Å². The third kappa shape index (κ3) is 5.44. The molecule has 5 nitrogen and oxygen atoms in total. The Hall–Kier alpha value is -1.60. The van der Waals surface area contributed by atoms with E-state index in [-0.39, 0.29) is 24.4 Å². The molecular formula is C18H23ClN4OS. The van der Waals surface area contributed by atoms with Crippen molar-refractivity contribution in [2.24, 2.45) is 0 Å². The zero-order valence-corrected chi connectivity index (χ0v) is 15.8. The highest BCUT2D eigenvalue weighted by Crippen LogP contribution is 2.21. The third-order valence-electron chi connectivity index (χ3n) is 4.14. The molecule has 2 heterocycles. The van der Waals surface area contributed by atoms with E-state index in [9.17, 15) is 4.79 Å². The van der Waals surface area contributed by atoms with Crippen LogP contribution in [-0.4, -0.2) is 48.2 Å². The largest absolute Gasteiger partial charge is 0.325 e. The monoisotopic (exact) mass is 378 g/mol. The van der Waals surface area contributed by atoms with Gasteiger partial charge in [-0.15, -0.1) is 24.2 Å². The molecule has 1 aromatic carbocycles. The molecule has 7 heteroatoms. The van der Waals surface area contributed by atoms with Gasteiger partial charge in [0.2, 0.25) is 5.91 Å². The van der Waals surface area contributed by atoms with E-state index in [0.29, 0.717) is 6.54 Å². The fraction of sp³-hybridized carbons (Fsp3) is 0.333. The zero-order valence-electron chi connectivity index (χ0n) is 14.1. The van der Waals surface area contributed by atoms with E-state index in [0.717, 1.165) is 30.9 Å². The summed E-state index contributed by atoms with van der Waals surface area (Å²) in [4.78, 5) is 20.0. The van der Waals surface area contributed by atoms with Crippen LogP contribution in [0.15, 0.2) is 53.7 Å². The van der Waals surface area contributed by atoms with Crippen LogP contribution in [0.2, 0.25) is 0 Å². The van der Waals surface area contributed by atoms with Crippen molar-refractivity contribution in [2.75, 3.05) is 37.8 Å². The molecular weight excluding hydrogens is 356 g/mol. The van der Waals surface area contributed by atoms with Crippen molar-refractivity contribution in [1.29, 1.82) is 0 Å². The second kappa shape index (κ2) is 9.77. The summed E-state index contributed by atoms with van der Waals surface area (Å²) in [6.45, 7) is 2.96. The summed E-state index contributed by atoms with van der Waals surface area (Å²) in [6.07, 6.45) is 5.69. The topological polar surface area (TPSA) is 57.3 Å². The summed E-state index contributed by atoms with van der Waals surface area (Å²) in [7, 11) is 0. The molecule has 3 rings (SSSR count). The summed E-state index contributed by atoms with van der Waals surface area (Å²) in [6, 6.07) is 12.1. The molecule has 1 unspecified atom stereocenters. The number of rotatable bonds is 5. The number of nitrogens with one attached hydrogen (secondary N) is 2. The molecule has 0 radical (unpaired) electrons. The van der Waals surface area contributed by atoms with Gasteiger partial charge in [-0.2, -0.15) is 0 Å². The fourth-order valence-electron chi connectivity index (χ4n) is 2.90. The Kier molecular flexibility index (Phi) is 7.71. The number of anilines is 1. The van der Waals surface area contributed by atoms with E-state index in [2.05, 4.69) is 26.6 Å². The zero-order chi connectivity index (χ0) is 16.8. The number of pyridine rings is 1. The van der Waals surface area contributed by atoms with Crippen molar-refractivity contribution < 1.29 is 4.79 Å². The van der Waals surface area contributed by atoms with Crippen LogP contribution in [0.25, 0.3) is 0 Å². The predicted molar refractivity (Wildman–Crippen MR) is 106 cm³/mol. The van der Waals surface area contributed by atoms with Crippen molar-refractivity contribution in [3.8, 4) is 0 Å². The minimum atomic E-state index is 0. The second-order valence-corrected chi connectivity index (χ2v) is 6.63. The molecule has 1 aliphatic heterocycles. The Balaban J connectivity index is 0.00000225. The van der Waals surface area contributed by atoms with Gasteiger partial charge in [0.1, 0.15) is 0 Å². The first kappa shape index (κ1) is 19.7. The van der Waals surface area contributed by atoms with Crippen LogP contribution >= 0.6 is 24.2 Å². The molecule has 25 heavy (non-hydrogen) atoms. The standard InChI is InChI=1S/C18H22N4OS.ClH/c1-24-16-6-4-15(5-7-16)21-18(23)13-22-10-9-20-12-17(22)14-3-2-8-19-11-14;/h2-8,11,17,20H,9-10,12-13H2,1H3,(H,21,23);1H. The molecule has 1 saturated heterocycles. The number of nitrogens with zero attached hydrogens (tertiary/aromatic N) is 2. The van der Waals surface area contributed by atoms with Gasteiger partial charge in [-0.1, -0.05) is 6.07 Å². The van der Waals surface area contributed by atoms with Crippen molar-refractivity contribution in [2.45, 2.75) is 10.9 Å². The number of aromatic nitrogens is 1. The van der Waals surface area contributed by atoms with Gasteiger partial charge >= 0.3 is 0 Å². The van der Waals surface area contributed by atoms with Gasteiger partial charge in [0.15, 0.2) is 0 Å². The summed E-state index contributed by atoms with van der Waals surface area (Å²) in [5.41, 5.74) is 1.98. The number of halogens is 1. The first-order chi connectivity index (χ1) is 11.8. The van der Waals surface area contributed by atoms with E-state index in [1.807, 2.05) is 42.8 Å². The van der Waals surface area contributed by atoms with E-state index < -0.39 is 0 Å². The van der Waals surface area contributed by atoms with Crippen LogP contribution in [0, 0.1) is 0 Å². The highest BCUT2D eigenvalue weighted by atomic mass is 35.5. The second-order valence-electron chi connectivity index (χ2n) is 5.75. The van der Waals surface area contributed by atoms with Gasteiger partial charge in [0, 0.05) is 48.7 Å². The number of thioether (sulfide) groups is 1. The lowest BCUT2D eigenvalue weighted by Gasteiger charge is -2.35. The maximum atomic E-state index is 12.4. The Bertz CT molecular complexity index is 669. The number of carbonyl (C=O) groups excluding carboxylic acids is 1. The first-order valence-electron chi connectivity index (χ1n) is 8.05. The van der Waals surface area contributed by atoms with Gasteiger partial charge in [0.05, 0.1) is 6.54 Å². The molecule has 1 fully saturated rings. The van der Waals surface area contributed by atoms with Gasteiger partial charge in [-0.25, -0.2) is 0 Å². The van der Waals surface area contributed by atoms with E-state index in [1.165, 1.54) is 4.90 Å². The van der Waals surface area contributed by atoms with Crippen LogP contribution in [0.3, 0.4) is 0 Å². The average molecular weight is 379 g/mol. The lowest BCUT2D eigenvalue weighted by Crippen LogP contribution is -2.48. The summed E-state index contributed by atoms with van der Waals surface area (Å²) in [5.74, 6) is 0.0164. The third-order valence-corrected chi connectivity index (χ3v) is 4.89. The summed E-state index contributed by atoms with van der Waals surface area (Å²) in [5, 5.41) is 6.38. The van der Waals surface area contributed by atoms with Crippen LogP contribution in [0.5, 0.6) is 0 Å². The molecule has 1 aromatic heterocycles. The Labute approximate surface area is 159 Å². The lowest BCUT2D eigenvalue weighted by atomic mass is 10.1. The van der Waals surface area contributed by atoms with Gasteiger partial charge in [-0.05, 0) is 42.2 Å². The Morgan fingerprint density at radius 3 is 2.84 bits per heavy atom. The van der Waals surface area contributed by atoms with Crippen LogP contribution in [-0.2, 0) is 4.79 Å². The maximum absolute atomic E-state index is 12.4. The smallest absolute Gasteiger partial charge is 0.238 e. The SMILES string of the molecule is CSc1ccc(NC(=O)CN2CCNCC2c2cccnc2)cc1.Cl. The lowest BCUT2D eigenvalue weighted by molar-refractivity contribution is -0.118. The molecule has 0 saturated carbocycles. The quantitative estimate of drug-likeness (QED) is 0.783. The number of carbonyl (C=O) groups is 1. The molecule has 0 aliphatic carbocycles.